The second-order valence-electron chi connectivity index (χ2n) is 3.00. The van der Waals surface area contributed by atoms with Crippen LogP contribution in [0.4, 0.5) is 0 Å². The van der Waals surface area contributed by atoms with E-state index >= 15 is 0 Å². The standard InChI is InChI=1S/C7H10OS/c8-7-1-5-3-9-4-6(5)2-7/h5-6H,1-4H2/t5-,6-/m0/s1. The number of fused-ring (bicyclic) bond motifs is 1. The summed E-state index contributed by atoms with van der Waals surface area (Å²) in [5.74, 6) is 4.53. The molecule has 1 nitrogen and oxygen atoms in total. The molecule has 2 atom stereocenters. The van der Waals surface area contributed by atoms with Gasteiger partial charge in [-0.25, -0.2) is 0 Å². The number of ketones is 1. The maximum atomic E-state index is 10.8. The minimum Gasteiger partial charge on any atom is -0.300 e. The first-order valence-corrected chi connectivity index (χ1v) is 4.61. The van der Waals surface area contributed by atoms with E-state index in [4.69, 9.17) is 0 Å². The molecule has 9 heavy (non-hydrogen) atoms. The molecule has 2 fully saturated rings. The molecule has 0 bridgehead atoms. The van der Waals surface area contributed by atoms with Crippen LogP contribution < -0.4 is 0 Å². The van der Waals surface area contributed by atoms with E-state index < -0.39 is 0 Å². The van der Waals surface area contributed by atoms with Gasteiger partial charge in [0.15, 0.2) is 0 Å². The maximum absolute atomic E-state index is 10.8. The smallest absolute Gasteiger partial charge is 0.133 e. The average molecular weight is 142 g/mol. The first kappa shape index (κ1) is 5.78. The van der Waals surface area contributed by atoms with E-state index in [1.54, 1.807) is 0 Å². The van der Waals surface area contributed by atoms with Crippen LogP contribution in [-0.2, 0) is 4.79 Å². The van der Waals surface area contributed by atoms with E-state index in [1.165, 1.54) is 11.5 Å². The van der Waals surface area contributed by atoms with Gasteiger partial charge in [-0.05, 0) is 23.3 Å². The lowest BCUT2D eigenvalue weighted by molar-refractivity contribution is -0.117. The van der Waals surface area contributed by atoms with Gasteiger partial charge in [0, 0.05) is 12.8 Å². The van der Waals surface area contributed by atoms with Gasteiger partial charge in [0.25, 0.3) is 0 Å². The van der Waals surface area contributed by atoms with Crippen molar-refractivity contribution in [3.63, 3.8) is 0 Å². The molecule has 0 aromatic rings. The molecule has 1 heterocycles. The molecule has 0 aromatic heterocycles. The minimum absolute atomic E-state index is 0.505. The fraction of sp³-hybridized carbons (Fsp3) is 0.857. The Hall–Kier alpha value is 0.0200. The molecule has 1 saturated carbocycles. The fourth-order valence-electron chi connectivity index (χ4n) is 1.76. The van der Waals surface area contributed by atoms with Crippen LogP contribution in [0.2, 0.25) is 0 Å². The summed E-state index contributed by atoms with van der Waals surface area (Å²) in [4.78, 5) is 10.8. The molecule has 2 aliphatic rings. The summed E-state index contributed by atoms with van der Waals surface area (Å²) in [7, 11) is 0. The van der Waals surface area contributed by atoms with Crippen molar-refractivity contribution < 1.29 is 4.79 Å². The van der Waals surface area contributed by atoms with Crippen LogP contribution in [0.15, 0.2) is 0 Å². The van der Waals surface area contributed by atoms with Gasteiger partial charge in [-0.2, -0.15) is 11.8 Å². The summed E-state index contributed by atoms with van der Waals surface area (Å²) in [5.41, 5.74) is 0. The lowest BCUT2D eigenvalue weighted by Gasteiger charge is -2.01. The molecule has 2 rings (SSSR count). The van der Waals surface area contributed by atoms with Crippen molar-refractivity contribution in [2.24, 2.45) is 11.8 Å². The van der Waals surface area contributed by atoms with Crippen molar-refractivity contribution >= 4 is 17.5 Å². The SMILES string of the molecule is O=C1C[C@H]2CSC[C@@H]2C1. The van der Waals surface area contributed by atoms with E-state index in [0.29, 0.717) is 5.78 Å². The molecular formula is C7H10OS. The molecule has 1 aliphatic heterocycles. The van der Waals surface area contributed by atoms with Crippen molar-refractivity contribution in [3.8, 4) is 0 Å². The molecule has 50 valence electrons. The van der Waals surface area contributed by atoms with Gasteiger partial charge in [-0.1, -0.05) is 0 Å². The minimum atomic E-state index is 0.505. The van der Waals surface area contributed by atoms with Crippen LogP contribution in [-0.4, -0.2) is 17.3 Å². The highest BCUT2D eigenvalue weighted by Crippen LogP contribution is 2.39. The third-order valence-electron chi connectivity index (χ3n) is 2.31. The van der Waals surface area contributed by atoms with Crippen LogP contribution in [0, 0.1) is 11.8 Å². The van der Waals surface area contributed by atoms with Crippen molar-refractivity contribution in [3.05, 3.63) is 0 Å². The van der Waals surface area contributed by atoms with Gasteiger partial charge in [-0.15, -0.1) is 0 Å². The van der Waals surface area contributed by atoms with Gasteiger partial charge in [0.1, 0.15) is 5.78 Å². The topological polar surface area (TPSA) is 17.1 Å². The lowest BCUT2D eigenvalue weighted by atomic mass is 10.0. The summed E-state index contributed by atoms with van der Waals surface area (Å²) in [5, 5.41) is 0. The zero-order valence-corrected chi connectivity index (χ0v) is 6.12. The summed E-state index contributed by atoms with van der Waals surface area (Å²) in [6, 6.07) is 0. The molecule has 0 N–H and O–H groups in total. The average Bonchev–Trinajstić information content (AvgIpc) is 2.22. The largest absolute Gasteiger partial charge is 0.300 e. The summed E-state index contributed by atoms with van der Waals surface area (Å²) < 4.78 is 0. The molecule has 2 heteroatoms. The number of Topliss-reactive ketones (excluding diaryl/α,β-unsaturated/α-hetero) is 1. The van der Waals surface area contributed by atoms with Crippen molar-refractivity contribution in [1.29, 1.82) is 0 Å². The molecule has 0 amide bonds. The van der Waals surface area contributed by atoms with Crippen LogP contribution in [0.25, 0.3) is 0 Å². The number of carbonyl (C=O) groups is 1. The number of carbonyl (C=O) groups excluding carboxylic acids is 1. The molecular weight excluding hydrogens is 132 g/mol. The number of hydrogen-bond acceptors (Lipinski definition) is 2. The van der Waals surface area contributed by atoms with Gasteiger partial charge < -0.3 is 0 Å². The normalized spacial score (nSPS) is 41.6. The predicted molar refractivity (Wildman–Crippen MR) is 38.5 cm³/mol. The third-order valence-corrected chi connectivity index (χ3v) is 3.64. The maximum Gasteiger partial charge on any atom is 0.133 e. The van der Waals surface area contributed by atoms with E-state index in [2.05, 4.69) is 0 Å². The number of thioether (sulfide) groups is 1. The highest BCUT2D eigenvalue weighted by molar-refractivity contribution is 7.99. The quantitative estimate of drug-likeness (QED) is 0.507. The van der Waals surface area contributed by atoms with Crippen molar-refractivity contribution in [2.45, 2.75) is 12.8 Å². The highest BCUT2D eigenvalue weighted by atomic mass is 32.2. The van der Waals surface area contributed by atoms with Crippen molar-refractivity contribution in [1.82, 2.24) is 0 Å². The lowest BCUT2D eigenvalue weighted by Crippen LogP contribution is -2.01. The summed E-state index contributed by atoms with van der Waals surface area (Å²) >= 11 is 2.02. The fourth-order valence-corrected chi connectivity index (χ4v) is 3.28. The molecule has 1 aliphatic carbocycles. The van der Waals surface area contributed by atoms with Gasteiger partial charge >= 0.3 is 0 Å². The van der Waals surface area contributed by atoms with E-state index in [-0.39, 0.29) is 0 Å². The van der Waals surface area contributed by atoms with Crippen LogP contribution >= 0.6 is 11.8 Å². The Morgan fingerprint density at radius 2 is 1.78 bits per heavy atom. The number of rotatable bonds is 0. The Morgan fingerprint density at radius 3 is 2.33 bits per heavy atom. The molecule has 0 spiro atoms. The Balaban J connectivity index is 2.09. The number of hydrogen-bond donors (Lipinski definition) is 0. The van der Waals surface area contributed by atoms with E-state index in [1.807, 2.05) is 11.8 Å². The molecule has 0 aromatic carbocycles. The van der Waals surface area contributed by atoms with Gasteiger partial charge in [0.2, 0.25) is 0 Å². The zero-order valence-electron chi connectivity index (χ0n) is 5.30. The molecule has 0 radical (unpaired) electrons. The summed E-state index contributed by atoms with van der Waals surface area (Å²) in [6.07, 6.45) is 1.77. The monoisotopic (exact) mass is 142 g/mol. The second kappa shape index (κ2) is 2.01. The van der Waals surface area contributed by atoms with Gasteiger partial charge in [0.05, 0.1) is 0 Å². The summed E-state index contributed by atoms with van der Waals surface area (Å²) in [6.45, 7) is 0. The molecule has 0 unspecified atom stereocenters. The Kier molecular flexibility index (Phi) is 1.29. The Morgan fingerprint density at radius 1 is 1.22 bits per heavy atom. The van der Waals surface area contributed by atoms with Gasteiger partial charge in [-0.3, -0.25) is 4.79 Å². The third kappa shape index (κ3) is 0.895. The Labute approximate surface area is 59.2 Å². The van der Waals surface area contributed by atoms with Crippen LogP contribution in [0.1, 0.15) is 12.8 Å². The molecule has 1 saturated heterocycles. The van der Waals surface area contributed by atoms with Crippen molar-refractivity contribution in [2.75, 3.05) is 11.5 Å². The predicted octanol–water partition coefficient (Wildman–Crippen LogP) is 1.33. The first-order chi connectivity index (χ1) is 4.36. The van der Waals surface area contributed by atoms with Crippen LogP contribution in [0.5, 0.6) is 0 Å². The highest BCUT2D eigenvalue weighted by Gasteiger charge is 2.36. The first-order valence-electron chi connectivity index (χ1n) is 3.45. The second-order valence-corrected chi connectivity index (χ2v) is 4.08. The van der Waals surface area contributed by atoms with E-state index in [0.717, 1.165) is 24.7 Å². The van der Waals surface area contributed by atoms with Crippen LogP contribution in [0.3, 0.4) is 0 Å². The Bertz CT molecular complexity index is 130. The van der Waals surface area contributed by atoms with E-state index in [9.17, 15) is 4.79 Å². The zero-order chi connectivity index (χ0) is 6.27.